The molecule has 1 aromatic rings. The van der Waals surface area contributed by atoms with Gasteiger partial charge in [-0.2, -0.15) is 0 Å². The Morgan fingerprint density at radius 1 is 1.47 bits per heavy atom. The molecule has 0 aliphatic heterocycles. The number of nitrogens with zero attached hydrogens (tertiary/aromatic N) is 1. The zero-order valence-electron chi connectivity index (χ0n) is 10.2. The van der Waals surface area contributed by atoms with Crippen LogP contribution in [0.5, 0.6) is 0 Å². The van der Waals surface area contributed by atoms with Crippen molar-refractivity contribution in [2.75, 3.05) is 11.9 Å². The summed E-state index contributed by atoms with van der Waals surface area (Å²) in [6, 6.07) is 5.60. The molecule has 0 spiro atoms. The molecule has 0 unspecified atom stereocenters. The summed E-state index contributed by atoms with van der Waals surface area (Å²) in [6.07, 6.45) is 1.29. The summed E-state index contributed by atoms with van der Waals surface area (Å²) in [4.78, 5) is 15.5. The molecule has 94 valence electrons. The molecule has 1 heterocycles. The first kappa shape index (κ1) is 13.9. The topological polar surface area (TPSA) is 54.0 Å². The van der Waals surface area contributed by atoms with Crippen molar-refractivity contribution < 1.29 is 4.79 Å². The number of halogens is 1. The van der Waals surface area contributed by atoms with Crippen LogP contribution in [0.3, 0.4) is 0 Å². The minimum absolute atomic E-state index is 0.0367. The Bertz CT molecular complexity index is 369. The molecule has 5 heteroatoms. The lowest BCUT2D eigenvalue weighted by atomic mass is 10.2. The van der Waals surface area contributed by atoms with E-state index in [1.807, 2.05) is 0 Å². The van der Waals surface area contributed by atoms with Gasteiger partial charge in [0.05, 0.1) is 0 Å². The van der Waals surface area contributed by atoms with Gasteiger partial charge >= 0.3 is 0 Å². The minimum atomic E-state index is -0.0367. The maximum Gasteiger partial charge on any atom is 0.225 e. The van der Waals surface area contributed by atoms with Gasteiger partial charge in [0.1, 0.15) is 11.0 Å². The average molecular weight is 256 g/mol. The number of anilines is 1. The van der Waals surface area contributed by atoms with E-state index in [0.29, 0.717) is 23.4 Å². The van der Waals surface area contributed by atoms with Gasteiger partial charge < -0.3 is 10.6 Å². The highest BCUT2D eigenvalue weighted by molar-refractivity contribution is 6.29. The van der Waals surface area contributed by atoms with E-state index in [2.05, 4.69) is 29.5 Å². The zero-order valence-corrected chi connectivity index (χ0v) is 10.9. The van der Waals surface area contributed by atoms with Crippen LogP contribution in [-0.2, 0) is 4.79 Å². The van der Waals surface area contributed by atoms with Crippen LogP contribution in [0.15, 0.2) is 18.2 Å². The van der Waals surface area contributed by atoms with Gasteiger partial charge in [0.15, 0.2) is 0 Å². The summed E-state index contributed by atoms with van der Waals surface area (Å²) in [5.41, 5.74) is 0. The lowest BCUT2D eigenvalue weighted by molar-refractivity contribution is -0.116. The number of hydrogen-bond donors (Lipinski definition) is 2. The minimum Gasteiger partial charge on any atom is -0.315 e. The van der Waals surface area contributed by atoms with Crippen molar-refractivity contribution in [2.24, 2.45) is 0 Å². The van der Waals surface area contributed by atoms with E-state index in [1.165, 1.54) is 0 Å². The van der Waals surface area contributed by atoms with Crippen molar-refractivity contribution in [1.29, 1.82) is 0 Å². The molecule has 0 saturated carbocycles. The van der Waals surface area contributed by atoms with Gasteiger partial charge in [-0.05, 0) is 25.1 Å². The first-order chi connectivity index (χ1) is 8.08. The zero-order chi connectivity index (χ0) is 12.7. The van der Waals surface area contributed by atoms with Gasteiger partial charge in [0.2, 0.25) is 5.91 Å². The summed E-state index contributed by atoms with van der Waals surface area (Å²) in [7, 11) is 0. The maximum absolute atomic E-state index is 11.5. The monoisotopic (exact) mass is 255 g/mol. The van der Waals surface area contributed by atoms with E-state index in [9.17, 15) is 4.79 Å². The second-order valence-electron chi connectivity index (χ2n) is 4.11. The Labute approximate surface area is 107 Å². The van der Waals surface area contributed by atoms with Crippen LogP contribution in [0.25, 0.3) is 0 Å². The van der Waals surface area contributed by atoms with Crippen LogP contribution < -0.4 is 10.6 Å². The molecule has 17 heavy (non-hydrogen) atoms. The first-order valence-corrected chi connectivity index (χ1v) is 6.11. The number of rotatable bonds is 6. The summed E-state index contributed by atoms with van der Waals surface area (Å²) >= 11 is 5.72. The molecule has 0 bridgehead atoms. The molecule has 0 radical (unpaired) electrons. The molecule has 0 atom stereocenters. The number of carbonyl (C=O) groups is 1. The van der Waals surface area contributed by atoms with Crippen molar-refractivity contribution in [1.82, 2.24) is 10.3 Å². The van der Waals surface area contributed by atoms with Gasteiger partial charge in [-0.1, -0.05) is 31.5 Å². The molecule has 0 fully saturated rings. The van der Waals surface area contributed by atoms with Crippen molar-refractivity contribution in [3.63, 3.8) is 0 Å². The van der Waals surface area contributed by atoms with E-state index in [-0.39, 0.29) is 5.91 Å². The van der Waals surface area contributed by atoms with E-state index < -0.39 is 0 Å². The smallest absolute Gasteiger partial charge is 0.225 e. The standard InChI is InChI=1S/C12H18ClN3O/c1-9(2)14-8-4-7-12(17)16-11-6-3-5-10(13)15-11/h3,5-6,9,14H,4,7-8H2,1-2H3,(H,15,16,17). The highest BCUT2D eigenvalue weighted by Crippen LogP contribution is 2.09. The molecule has 4 nitrogen and oxygen atoms in total. The van der Waals surface area contributed by atoms with Crippen LogP contribution in [0.1, 0.15) is 26.7 Å². The Hall–Kier alpha value is -1.13. The third-order valence-corrected chi connectivity index (χ3v) is 2.33. The molecule has 0 saturated heterocycles. The third-order valence-electron chi connectivity index (χ3n) is 2.12. The van der Waals surface area contributed by atoms with Gasteiger partial charge in [-0.25, -0.2) is 4.98 Å². The normalized spacial score (nSPS) is 10.6. The second kappa shape index (κ2) is 7.25. The summed E-state index contributed by atoms with van der Waals surface area (Å²) in [5, 5.41) is 6.34. The van der Waals surface area contributed by atoms with E-state index in [1.54, 1.807) is 18.2 Å². The van der Waals surface area contributed by atoms with Crippen molar-refractivity contribution >= 4 is 23.3 Å². The SMILES string of the molecule is CC(C)NCCCC(=O)Nc1cccc(Cl)n1. The number of aromatic nitrogens is 1. The predicted molar refractivity (Wildman–Crippen MR) is 70.2 cm³/mol. The Balaban J connectivity index is 2.25. The summed E-state index contributed by atoms with van der Waals surface area (Å²) in [5.74, 6) is 0.463. The van der Waals surface area contributed by atoms with Crippen molar-refractivity contribution in [3.8, 4) is 0 Å². The number of carbonyl (C=O) groups excluding carboxylic acids is 1. The van der Waals surface area contributed by atoms with Crippen LogP contribution in [0.2, 0.25) is 5.15 Å². The average Bonchev–Trinajstić information content (AvgIpc) is 2.24. The highest BCUT2D eigenvalue weighted by atomic mass is 35.5. The van der Waals surface area contributed by atoms with Crippen LogP contribution in [-0.4, -0.2) is 23.5 Å². The van der Waals surface area contributed by atoms with E-state index >= 15 is 0 Å². The molecule has 0 aliphatic rings. The van der Waals surface area contributed by atoms with Crippen LogP contribution in [0.4, 0.5) is 5.82 Å². The lowest BCUT2D eigenvalue weighted by Crippen LogP contribution is -2.24. The Morgan fingerprint density at radius 3 is 2.88 bits per heavy atom. The fourth-order valence-corrected chi connectivity index (χ4v) is 1.49. The number of amides is 1. The van der Waals surface area contributed by atoms with Gasteiger partial charge in [0.25, 0.3) is 0 Å². The summed E-state index contributed by atoms with van der Waals surface area (Å²) < 4.78 is 0. The van der Waals surface area contributed by atoms with E-state index in [4.69, 9.17) is 11.6 Å². The first-order valence-electron chi connectivity index (χ1n) is 5.73. The predicted octanol–water partition coefficient (Wildman–Crippen LogP) is 2.45. The van der Waals surface area contributed by atoms with Crippen LogP contribution in [0, 0.1) is 0 Å². The molecule has 0 aromatic carbocycles. The van der Waals surface area contributed by atoms with Gasteiger partial charge in [-0.3, -0.25) is 4.79 Å². The second-order valence-corrected chi connectivity index (χ2v) is 4.49. The highest BCUT2D eigenvalue weighted by Gasteiger charge is 2.03. The Morgan fingerprint density at radius 2 is 2.24 bits per heavy atom. The molecular weight excluding hydrogens is 238 g/mol. The van der Waals surface area contributed by atoms with Crippen molar-refractivity contribution in [3.05, 3.63) is 23.4 Å². The molecule has 0 aliphatic carbocycles. The van der Waals surface area contributed by atoms with E-state index in [0.717, 1.165) is 13.0 Å². The molecule has 2 N–H and O–H groups in total. The van der Waals surface area contributed by atoms with Crippen LogP contribution >= 0.6 is 11.6 Å². The fourth-order valence-electron chi connectivity index (χ4n) is 1.32. The largest absolute Gasteiger partial charge is 0.315 e. The summed E-state index contributed by atoms with van der Waals surface area (Å²) in [6.45, 7) is 5.00. The fraction of sp³-hybridized carbons (Fsp3) is 0.500. The molecule has 1 amide bonds. The maximum atomic E-state index is 11.5. The Kier molecular flexibility index (Phi) is 5.94. The molecule has 1 rings (SSSR count). The number of nitrogens with one attached hydrogen (secondary N) is 2. The third kappa shape index (κ3) is 6.24. The quantitative estimate of drug-likeness (QED) is 0.606. The number of pyridine rings is 1. The van der Waals surface area contributed by atoms with Gasteiger partial charge in [0, 0.05) is 12.5 Å². The molecular formula is C12H18ClN3O. The van der Waals surface area contributed by atoms with Gasteiger partial charge in [-0.15, -0.1) is 0 Å². The molecule has 1 aromatic heterocycles. The number of hydrogen-bond acceptors (Lipinski definition) is 3. The lowest BCUT2D eigenvalue weighted by Gasteiger charge is -2.07. The van der Waals surface area contributed by atoms with Crippen molar-refractivity contribution in [2.45, 2.75) is 32.7 Å².